The van der Waals surface area contributed by atoms with Crippen molar-refractivity contribution in [2.24, 2.45) is 0 Å². The molecule has 0 aliphatic carbocycles. The van der Waals surface area contributed by atoms with E-state index in [1.54, 1.807) is 0 Å². The van der Waals surface area contributed by atoms with Crippen LogP contribution in [0.4, 0.5) is 0 Å². The summed E-state index contributed by atoms with van der Waals surface area (Å²) in [5, 5.41) is 0.729. The van der Waals surface area contributed by atoms with Crippen LogP contribution >= 0.6 is 11.6 Å². The van der Waals surface area contributed by atoms with Gasteiger partial charge in [-0.3, -0.25) is 4.90 Å². The van der Waals surface area contributed by atoms with Crippen molar-refractivity contribution in [3.8, 4) is 5.75 Å². The lowest BCUT2D eigenvalue weighted by molar-refractivity contribution is 0.0369. The fourth-order valence-electron chi connectivity index (χ4n) is 3.45. The molecule has 0 bridgehead atoms. The van der Waals surface area contributed by atoms with Gasteiger partial charge in [0.15, 0.2) is 0 Å². The Balaban J connectivity index is 1.49. The summed E-state index contributed by atoms with van der Waals surface area (Å²) in [4.78, 5) is 7.23. The average molecular weight is 386 g/mol. The fraction of sp³-hybridized carbons (Fsp3) is 0.381. The summed E-state index contributed by atoms with van der Waals surface area (Å²) in [7, 11) is 0. The van der Waals surface area contributed by atoms with Crippen LogP contribution in [0.2, 0.25) is 5.02 Å². The Morgan fingerprint density at radius 1 is 1.04 bits per heavy atom. The molecule has 3 aromatic rings. The quantitative estimate of drug-likeness (QED) is 0.616. The van der Waals surface area contributed by atoms with E-state index in [0.717, 1.165) is 73.4 Å². The van der Waals surface area contributed by atoms with Crippen LogP contribution in [0.3, 0.4) is 0 Å². The highest BCUT2D eigenvalue weighted by Crippen LogP contribution is 2.22. The van der Waals surface area contributed by atoms with Gasteiger partial charge in [0.25, 0.3) is 0 Å². The number of hydrogen-bond acceptors (Lipinski definition) is 4. The summed E-state index contributed by atoms with van der Waals surface area (Å²) in [5.41, 5.74) is 2.02. The van der Waals surface area contributed by atoms with E-state index in [1.165, 1.54) is 0 Å². The average Bonchev–Trinajstić information content (AvgIpc) is 3.05. The Labute approximate surface area is 164 Å². The van der Waals surface area contributed by atoms with Crippen LogP contribution in [0, 0.1) is 0 Å². The van der Waals surface area contributed by atoms with Crippen molar-refractivity contribution in [3.63, 3.8) is 0 Å². The van der Waals surface area contributed by atoms with E-state index in [9.17, 15) is 0 Å². The van der Waals surface area contributed by atoms with Gasteiger partial charge in [0.1, 0.15) is 18.2 Å². The minimum absolute atomic E-state index is 0.438. The number of hydrogen-bond donors (Lipinski definition) is 0. The summed E-state index contributed by atoms with van der Waals surface area (Å²) in [5.74, 6) is 1.78. The van der Waals surface area contributed by atoms with Crippen LogP contribution < -0.4 is 4.74 Å². The Bertz CT molecular complexity index is 876. The maximum Gasteiger partial charge on any atom is 0.147 e. The molecule has 1 aromatic heterocycles. The predicted molar refractivity (Wildman–Crippen MR) is 107 cm³/mol. The van der Waals surface area contributed by atoms with Crippen LogP contribution in [-0.4, -0.2) is 47.3 Å². The lowest BCUT2D eigenvalue weighted by Gasteiger charge is -2.26. The molecule has 2 aromatic carbocycles. The first-order chi connectivity index (χ1) is 13.3. The van der Waals surface area contributed by atoms with Crippen LogP contribution in [0.1, 0.15) is 12.2 Å². The van der Waals surface area contributed by atoms with Gasteiger partial charge in [0, 0.05) is 31.2 Å². The molecule has 1 aliphatic rings. The third-order valence-corrected chi connectivity index (χ3v) is 5.10. The van der Waals surface area contributed by atoms with E-state index in [1.807, 2.05) is 48.5 Å². The molecule has 6 heteroatoms. The highest BCUT2D eigenvalue weighted by molar-refractivity contribution is 6.31. The number of halogens is 1. The summed E-state index contributed by atoms with van der Waals surface area (Å²) in [6, 6.07) is 15.7. The molecule has 27 heavy (non-hydrogen) atoms. The molecule has 0 atom stereocenters. The largest absolute Gasteiger partial charge is 0.486 e. The molecule has 1 aliphatic heterocycles. The zero-order valence-electron chi connectivity index (χ0n) is 15.3. The third kappa shape index (κ3) is 4.61. The molecule has 0 amide bonds. The van der Waals surface area contributed by atoms with Crippen molar-refractivity contribution in [2.45, 2.75) is 19.6 Å². The van der Waals surface area contributed by atoms with Gasteiger partial charge in [0.2, 0.25) is 0 Å². The normalized spacial score (nSPS) is 15.3. The maximum absolute atomic E-state index is 6.23. The SMILES string of the molecule is Clc1ccc2nc(COc3ccccc3)n(CCCN3CCOCC3)c2c1. The fourth-order valence-corrected chi connectivity index (χ4v) is 3.61. The monoisotopic (exact) mass is 385 g/mol. The highest BCUT2D eigenvalue weighted by atomic mass is 35.5. The van der Waals surface area contributed by atoms with Gasteiger partial charge in [-0.2, -0.15) is 0 Å². The molecule has 2 heterocycles. The summed E-state index contributed by atoms with van der Waals surface area (Å²) in [6.45, 7) is 6.08. The first-order valence-corrected chi connectivity index (χ1v) is 9.80. The summed E-state index contributed by atoms with van der Waals surface area (Å²) >= 11 is 6.23. The molecule has 0 saturated carbocycles. The predicted octanol–water partition coefficient (Wildman–Crippen LogP) is 3.99. The highest BCUT2D eigenvalue weighted by Gasteiger charge is 2.14. The molecule has 0 radical (unpaired) electrons. The number of aromatic nitrogens is 2. The smallest absolute Gasteiger partial charge is 0.147 e. The molecule has 1 fully saturated rings. The third-order valence-electron chi connectivity index (χ3n) is 4.86. The number of fused-ring (bicyclic) bond motifs is 1. The van der Waals surface area contributed by atoms with E-state index in [0.29, 0.717) is 6.61 Å². The van der Waals surface area contributed by atoms with Crippen molar-refractivity contribution in [3.05, 3.63) is 59.4 Å². The van der Waals surface area contributed by atoms with Gasteiger partial charge in [0.05, 0.1) is 24.2 Å². The van der Waals surface area contributed by atoms with Crippen molar-refractivity contribution in [2.75, 3.05) is 32.8 Å². The Hall–Kier alpha value is -2.08. The maximum atomic E-state index is 6.23. The minimum atomic E-state index is 0.438. The van der Waals surface area contributed by atoms with Gasteiger partial charge in [-0.1, -0.05) is 29.8 Å². The number of ether oxygens (including phenoxy) is 2. The second-order valence-electron chi connectivity index (χ2n) is 6.72. The van der Waals surface area contributed by atoms with Crippen LogP contribution in [-0.2, 0) is 17.9 Å². The summed E-state index contributed by atoms with van der Waals surface area (Å²) < 4.78 is 13.6. The first-order valence-electron chi connectivity index (χ1n) is 9.42. The van der Waals surface area contributed by atoms with Crippen molar-refractivity contribution in [1.82, 2.24) is 14.5 Å². The zero-order chi connectivity index (χ0) is 18.5. The number of rotatable bonds is 7. The number of aryl methyl sites for hydroxylation is 1. The number of nitrogens with zero attached hydrogens (tertiary/aromatic N) is 3. The lowest BCUT2D eigenvalue weighted by Crippen LogP contribution is -2.37. The molecule has 4 rings (SSSR count). The van der Waals surface area contributed by atoms with E-state index in [2.05, 4.69) is 9.47 Å². The zero-order valence-corrected chi connectivity index (χ0v) is 16.1. The van der Waals surface area contributed by atoms with Crippen molar-refractivity contribution in [1.29, 1.82) is 0 Å². The molecular formula is C21H24ClN3O2. The van der Waals surface area contributed by atoms with Crippen LogP contribution in [0.5, 0.6) is 5.75 Å². The molecule has 0 N–H and O–H groups in total. The Morgan fingerprint density at radius 3 is 2.67 bits per heavy atom. The molecule has 5 nitrogen and oxygen atoms in total. The minimum Gasteiger partial charge on any atom is -0.486 e. The van der Waals surface area contributed by atoms with E-state index in [-0.39, 0.29) is 0 Å². The Morgan fingerprint density at radius 2 is 1.85 bits per heavy atom. The van der Waals surface area contributed by atoms with Gasteiger partial charge < -0.3 is 14.0 Å². The number of para-hydroxylation sites is 1. The van der Waals surface area contributed by atoms with Gasteiger partial charge in [-0.15, -0.1) is 0 Å². The summed E-state index contributed by atoms with van der Waals surface area (Å²) in [6.07, 6.45) is 1.05. The first kappa shape index (κ1) is 18.3. The molecule has 142 valence electrons. The van der Waals surface area contributed by atoms with Gasteiger partial charge >= 0.3 is 0 Å². The molecule has 0 spiro atoms. The van der Waals surface area contributed by atoms with E-state index < -0.39 is 0 Å². The molecule has 0 unspecified atom stereocenters. The molecule has 1 saturated heterocycles. The topological polar surface area (TPSA) is 39.5 Å². The van der Waals surface area contributed by atoms with Crippen molar-refractivity contribution < 1.29 is 9.47 Å². The Kier molecular flexibility index (Phi) is 5.92. The second-order valence-corrected chi connectivity index (χ2v) is 7.16. The molecular weight excluding hydrogens is 362 g/mol. The number of imidazole rings is 1. The number of benzene rings is 2. The van der Waals surface area contributed by atoms with Crippen molar-refractivity contribution >= 4 is 22.6 Å². The van der Waals surface area contributed by atoms with E-state index >= 15 is 0 Å². The lowest BCUT2D eigenvalue weighted by atomic mass is 10.3. The number of morpholine rings is 1. The second kappa shape index (κ2) is 8.74. The van der Waals surface area contributed by atoms with Gasteiger partial charge in [-0.05, 0) is 36.8 Å². The van der Waals surface area contributed by atoms with E-state index in [4.69, 9.17) is 26.1 Å². The van der Waals surface area contributed by atoms with Crippen LogP contribution in [0.25, 0.3) is 11.0 Å². The van der Waals surface area contributed by atoms with Crippen LogP contribution in [0.15, 0.2) is 48.5 Å². The van der Waals surface area contributed by atoms with Gasteiger partial charge in [-0.25, -0.2) is 4.98 Å². The standard InChI is InChI=1S/C21H24ClN3O2/c22-17-7-8-19-20(15-17)25(10-4-9-24-11-13-26-14-12-24)21(23-19)16-27-18-5-2-1-3-6-18/h1-3,5-8,15H,4,9-14,16H2.